The molecule has 0 N–H and O–H groups in total. The quantitative estimate of drug-likeness (QED) is 0.262. The summed E-state index contributed by atoms with van der Waals surface area (Å²) in [4.78, 5) is 22.1. The van der Waals surface area contributed by atoms with Gasteiger partial charge < -0.3 is 4.90 Å². The summed E-state index contributed by atoms with van der Waals surface area (Å²) < 4.78 is 28.4. The fraction of sp³-hybridized carbons (Fsp3) is 0.259. The summed E-state index contributed by atoms with van der Waals surface area (Å²) in [5.41, 5.74) is 1.95. The van der Waals surface area contributed by atoms with Gasteiger partial charge in [0.25, 0.3) is 5.91 Å². The molecule has 1 aromatic heterocycles. The molecule has 0 aliphatic rings. The molecule has 10 heteroatoms. The zero-order chi connectivity index (χ0) is 26.6. The van der Waals surface area contributed by atoms with Crippen molar-refractivity contribution in [2.45, 2.75) is 17.9 Å². The van der Waals surface area contributed by atoms with Gasteiger partial charge in [-0.1, -0.05) is 59.3 Å². The van der Waals surface area contributed by atoms with Gasteiger partial charge in [-0.2, -0.15) is 4.31 Å². The predicted molar refractivity (Wildman–Crippen MR) is 151 cm³/mol. The van der Waals surface area contributed by atoms with Gasteiger partial charge in [-0.05, 0) is 69.0 Å². The minimum absolute atomic E-state index is 0.133. The lowest BCUT2D eigenvalue weighted by Gasteiger charge is -2.21. The van der Waals surface area contributed by atoms with Gasteiger partial charge in [0.2, 0.25) is 10.0 Å². The third-order valence-electron chi connectivity index (χ3n) is 5.88. The van der Waals surface area contributed by atoms with E-state index < -0.39 is 10.0 Å². The predicted octanol–water partition coefficient (Wildman–Crippen LogP) is 5.37. The first kappa shape index (κ1) is 27.2. The molecule has 0 atom stereocenters. The summed E-state index contributed by atoms with van der Waals surface area (Å²) in [5, 5.41) is 1.10. The molecule has 0 spiro atoms. The van der Waals surface area contributed by atoms with Gasteiger partial charge in [-0.15, -0.1) is 0 Å². The maximum Gasteiger partial charge on any atom is 0.260 e. The Kier molecular flexibility index (Phi) is 8.61. The smallest absolute Gasteiger partial charge is 0.260 e. The number of fused-ring (bicyclic) bond motifs is 1. The van der Waals surface area contributed by atoms with Crippen molar-refractivity contribution in [2.75, 3.05) is 39.1 Å². The molecule has 0 aliphatic heterocycles. The molecule has 0 unspecified atom stereocenters. The van der Waals surface area contributed by atoms with Gasteiger partial charge in [0.1, 0.15) is 5.52 Å². The number of thiazole rings is 1. The number of hydrogen-bond donors (Lipinski definition) is 0. The fourth-order valence-electron chi connectivity index (χ4n) is 3.88. The Morgan fingerprint density at radius 2 is 1.62 bits per heavy atom. The van der Waals surface area contributed by atoms with E-state index in [4.69, 9.17) is 11.6 Å². The SMILES string of the molecule is CN(C)CCCN(C(=O)c1ccc(S(=O)(=O)N(C)Cc2ccccc2)cc1)c1nc2c(Cl)cccc2s1. The van der Waals surface area contributed by atoms with Gasteiger partial charge in [-0.25, -0.2) is 13.4 Å². The number of nitrogens with zero attached hydrogens (tertiary/aromatic N) is 4. The van der Waals surface area contributed by atoms with Crippen LogP contribution in [0.3, 0.4) is 0 Å². The maximum atomic E-state index is 13.6. The van der Waals surface area contributed by atoms with Crippen LogP contribution in [0.15, 0.2) is 77.7 Å². The highest BCUT2D eigenvalue weighted by atomic mass is 35.5. The van der Waals surface area contributed by atoms with Crippen LogP contribution in [0.1, 0.15) is 22.3 Å². The molecule has 0 saturated carbocycles. The molecule has 37 heavy (non-hydrogen) atoms. The van der Waals surface area contributed by atoms with E-state index in [-0.39, 0.29) is 17.3 Å². The fourth-order valence-corrected chi connectivity index (χ4v) is 6.33. The van der Waals surface area contributed by atoms with Crippen LogP contribution in [0.4, 0.5) is 5.13 Å². The van der Waals surface area contributed by atoms with Crippen LogP contribution in [0.2, 0.25) is 5.02 Å². The molecule has 4 rings (SSSR count). The Bertz CT molecular complexity index is 1470. The average Bonchev–Trinajstić information content (AvgIpc) is 3.32. The lowest BCUT2D eigenvalue weighted by atomic mass is 10.2. The number of aromatic nitrogens is 1. The third-order valence-corrected chi connectivity index (χ3v) is 9.05. The second kappa shape index (κ2) is 11.7. The molecule has 0 fully saturated rings. The zero-order valence-corrected chi connectivity index (χ0v) is 23.4. The summed E-state index contributed by atoms with van der Waals surface area (Å²) in [7, 11) is 1.80. The van der Waals surface area contributed by atoms with Gasteiger partial charge >= 0.3 is 0 Å². The molecular formula is C27H29ClN4O3S2. The van der Waals surface area contributed by atoms with E-state index in [1.165, 1.54) is 27.8 Å². The highest BCUT2D eigenvalue weighted by Gasteiger charge is 2.24. The molecule has 0 radical (unpaired) electrons. The van der Waals surface area contributed by atoms with Crippen LogP contribution >= 0.6 is 22.9 Å². The number of rotatable bonds is 10. The first-order valence-electron chi connectivity index (χ1n) is 11.8. The van der Waals surface area contributed by atoms with Crippen LogP contribution in [0.25, 0.3) is 10.2 Å². The topological polar surface area (TPSA) is 73.8 Å². The van der Waals surface area contributed by atoms with Crippen molar-refractivity contribution in [3.05, 3.63) is 88.9 Å². The number of anilines is 1. The number of carbonyl (C=O) groups is 1. The van der Waals surface area contributed by atoms with Crippen molar-refractivity contribution in [1.29, 1.82) is 0 Å². The summed E-state index contributed by atoms with van der Waals surface area (Å²) in [6, 6.07) is 21.1. The number of sulfonamides is 1. The lowest BCUT2D eigenvalue weighted by molar-refractivity contribution is 0.0986. The van der Waals surface area contributed by atoms with E-state index >= 15 is 0 Å². The Balaban J connectivity index is 1.58. The van der Waals surface area contributed by atoms with E-state index in [9.17, 15) is 13.2 Å². The molecule has 1 heterocycles. The van der Waals surface area contributed by atoms with E-state index in [1.54, 1.807) is 30.1 Å². The lowest BCUT2D eigenvalue weighted by Crippen LogP contribution is -2.33. The standard InChI is InChI=1S/C27H29ClN4O3S2/c1-30(2)17-8-18-32(27-29-25-23(28)11-7-12-24(25)36-27)26(33)21-13-15-22(16-14-21)37(34,35)31(3)19-20-9-5-4-6-10-20/h4-7,9-16H,8,17-19H2,1-3H3. The van der Waals surface area contributed by atoms with E-state index in [0.717, 1.165) is 23.2 Å². The van der Waals surface area contributed by atoms with E-state index in [0.29, 0.717) is 27.8 Å². The minimum Gasteiger partial charge on any atom is -0.309 e. The molecule has 1 amide bonds. The second-order valence-corrected chi connectivity index (χ2v) is 12.4. The van der Waals surface area contributed by atoms with Crippen molar-refractivity contribution in [2.24, 2.45) is 0 Å². The van der Waals surface area contributed by atoms with Crippen molar-refractivity contribution in [3.8, 4) is 0 Å². The number of benzene rings is 3. The third kappa shape index (κ3) is 6.37. The van der Waals surface area contributed by atoms with Gasteiger partial charge in [0.05, 0.1) is 14.6 Å². The average molecular weight is 557 g/mol. The van der Waals surface area contributed by atoms with Crippen LogP contribution in [-0.2, 0) is 16.6 Å². The first-order chi connectivity index (χ1) is 17.7. The van der Waals surface area contributed by atoms with Crippen molar-refractivity contribution >= 4 is 54.2 Å². The van der Waals surface area contributed by atoms with Crippen LogP contribution in [-0.4, -0.2) is 62.7 Å². The summed E-state index contributed by atoms with van der Waals surface area (Å²) in [6.45, 7) is 1.53. The molecule has 0 saturated heterocycles. The van der Waals surface area contributed by atoms with Gasteiger partial charge in [0.15, 0.2) is 5.13 Å². The summed E-state index contributed by atoms with van der Waals surface area (Å²) >= 11 is 7.73. The number of carbonyl (C=O) groups excluding carboxylic acids is 1. The van der Waals surface area contributed by atoms with Crippen molar-refractivity contribution in [3.63, 3.8) is 0 Å². The summed E-state index contributed by atoms with van der Waals surface area (Å²) in [6.07, 6.45) is 0.749. The van der Waals surface area contributed by atoms with Crippen molar-refractivity contribution in [1.82, 2.24) is 14.2 Å². The Morgan fingerprint density at radius 3 is 2.27 bits per heavy atom. The van der Waals surface area contributed by atoms with E-state index in [1.807, 2.05) is 56.6 Å². The molecule has 0 aliphatic carbocycles. The molecule has 7 nitrogen and oxygen atoms in total. The highest BCUT2D eigenvalue weighted by Crippen LogP contribution is 2.33. The number of hydrogen-bond acceptors (Lipinski definition) is 6. The zero-order valence-electron chi connectivity index (χ0n) is 21.0. The molecule has 4 aromatic rings. The van der Waals surface area contributed by atoms with Gasteiger partial charge in [-0.3, -0.25) is 9.69 Å². The monoisotopic (exact) mass is 556 g/mol. The van der Waals surface area contributed by atoms with Gasteiger partial charge in [0, 0.05) is 25.7 Å². The first-order valence-corrected chi connectivity index (χ1v) is 14.4. The summed E-state index contributed by atoms with van der Waals surface area (Å²) in [5.74, 6) is -0.240. The number of amides is 1. The number of para-hydroxylation sites is 1. The molecular weight excluding hydrogens is 528 g/mol. The molecule has 3 aromatic carbocycles. The number of halogens is 1. The largest absolute Gasteiger partial charge is 0.309 e. The van der Waals surface area contributed by atoms with Crippen LogP contribution in [0.5, 0.6) is 0 Å². The molecule has 0 bridgehead atoms. The van der Waals surface area contributed by atoms with Crippen LogP contribution in [0, 0.1) is 0 Å². The Morgan fingerprint density at radius 1 is 0.919 bits per heavy atom. The maximum absolute atomic E-state index is 13.6. The second-order valence-electron chi connectivity index (χ2n) is 8.97. The van der Waals surface area contributed by atoms with E-state index in [2.05, 4.69) is 9.88 Å². The van der Waals surface area contributed by atoms with Crippen molar-refractivity contribution < 1.29 is 13.2 Å². The Labute approximate surface area is 227 Å². The highest BCUT2D eigenvalue weighted by molar-refractivity contribution is 7.89. The molecule has 194 valence electrons. The Hall–Kier alpha value is -2.82. The normalized spacial score (nSPS) is 11.9. The van der Waals surface area contributed by atoms with Crippen LogP contribution < -0.4 is 4.90 Å². The minimum atomic E-state index is -3.72.